The third kappa shape index (κ3) is 4.33. The summed E-state index contributed by atoms with van der Waals surface area (Å²) in [5, 5.41) is 0. The van der Waals surface area contributed by atoms with Gasteiger partial charge in [0.15, 0.2) is 9.84 Å². The fourth-order valence-electron chi connectivity index (χ4n) is 1.54. The average Bonchev–Trinajstić information content (AvgIpc) is 2.29. The molecule has 5 heteroatoms. The minimum Gasteiger partial charge on any atom is -0.461 e. The van der Waals surface area contributed by atoms with Gasteiger partial charge in [-0.15, -0.1) is 6.58 Å². The van der Waals surface area contributed by atoms with Crippen LogP contribution < -0.4 is 0 Å². The van der Waals surface area contributed by atoms with E-state index in [1.807, 2.05) is 0 Å². The lowest BCUT2D eigenvalue weighted by Crippen LogP contribution is -2.25. The zero-order chi connectivity index (χ0) is 13.6. The Morgan fingerprint density at radius 2 is 2.00 bits per heavy atom. The Morgan fingerprint density at radius 1 is 1.39 bits per heavy atom. The van der Waals surface area contributed by atoms with Crippen molar-refractivity contribution in [1.82, 2.24) is 0 Å². The fourth-order valence-corrected chi connectivity index (χ4v) is 3.00. The summed E-state index contributed by atoms with van der Waals surface area (Å²) < 4.78 is 29.1. The van der Waals surface area contributed by atoms with E-state index in [-0.39, 0.29) is 10.6 Å². The molecule has 0 fully saturated rings. The van der Waals surface area contributed by atoms with Crippen molar-refractivity contribution in [3.63, 3.8) is 0 Å². The average molecular weight is 268 g/mol. The largest absolute Gasteiger partial charge is 0.461 e. The molecule has 18 heavy (non-hydrogen) atoms. The Balaban J connectivity index is 2.86. The summed E-state index contributed by atoms with van der Waals surface area (Å²) in [6.45, 7) is 4.78. The minimum absolute atomic E-state index is 0.228. The van der Waals surface area contributed by atoms with E-state index >= 15 is 0 Å². The summed E-state index contributed by atoms with van der Waals surface area (Å²) in [5.41, 5.74) is 0. The number of carbonyl (C=O) groups excluding carboxylic acids is 1. The van der Waals surface area contributed by atoms with E-state index in [2.05, 4.69) is 6.58 Å². The van der Waals surface area contributed by atoms with Gasteiger partial charge >= 0.3 is 5.97 Å². The molecule has 1 unspecified atom stereocenters. The number of ether oxygens (including phenoxy) is 1. The molecule has 0 saturated heterocycles. The molecule has 0 amide bonds. The predicted molar refractivity (Wildman–Crippen MR) is 68.9 cm³/mol. The molecule has 1 atom stereocenters. The number of sulfone groups is 1. The summed E-state index contributed by atoms with van der Waals surface area (Å²) >= 11 is 0. The standard InChI is InChI=1S/C13H16O4S/c1-3-7-12(17-11(2)14)10-18(15,16)13-8-5-4-6-9-13/h3-6,8-9,12H,1,7,10H2,2H3. The maximum atomic E-state index is 12.1. The molecule has 1 aromatic carbocycles. The maximum absolute atomic E-state index is 12.1. The molecule has 0 aromatic heterocycles. The van der Waals surface area contributed by atoms with Crippen molar-refractivity contribution in [1.29, 1.82) is 0 Å². The van der Waals surface area contributed by atoms with Crippen molar-refractivity contribution in [3.8, 4) is 0 Å². The molecule has 0 N–H and O–H groups in total. The summed E-state index contributed by atoms with van der Waals surface area (Å²) in [4.78, 5) is 11.1. The first-order chi connectivity index (χ1) is 8.45. The second kappa shape index (κ2) is 6.35. The van der Waals surface area contributed by atoms with Gasteiger partial charge in [-0.05, 0) is 12.1 Å². The van der Waals surface area contributed by atoms with E-state index in [1.54, 1.807) is 18.2 Å². The molecule has 0 aliphatic carbocycles. The van der Waals surface area contributed by atoms with Crippen LogP contribution in [0.4, 0.5) is 0 Å². The lowest BCUT2D eigenvalue weighted by Gasteiger charge is -2.15. The zero-order valence-electron chi connectivity index (χ0n) is 10.2. The van der Waals surface area contributed by atoms with E-state index < -0.39 is 21.9 Å². The Labute approximate surface area is 107 Å². The summed E-state index contributed by atoms with van der Waals surface area (Å²) in [6.07, 6.45) is 1.16. The molecular weight excluding hydrogens is 252 g/mol. The van der Waals surface area contributed by atoms with Gasteiger partial charge in [0, 0.05) is 13.3 Å². The zero-order valence-corrected chi connectivity index (χ0v) is 11.0. The molecule has 0 radical (unpaired) electrons. The number of carbonyl (C=O) groups is 1. The van der Waals surface area contributed by atoms with Crippen molar-refractivity contribution in [2.24, 2.45) is 0 Å². The normalized spacial score (nSPS) is 12.7. The van der Waals surface area contributed by atoms with Crippen molar-refractivity contribution >= 4 is 15.8 Å². The lowest BCUT2D eigenvalue weighted by atomic mass is 10.3. The molecule has 0 bridgehead atoms. The highest BCUT2D eigenvalue weighted by Gasteiger charge is 2.22. The molecule has 0 saturated carbocycles. The summed E-state index contributed by atoms with van der Waals surface area (Å²) in [5.74, 6) is -0.729. The molecule has 1 aromatic rings. The van der Waals surface area contributed by atoms with Gasteiger partial charge < -0.3 is 4.74 Å². The van der Waals surface area contributed by atoms with Gasteiger partial charge in [0.2, 0.25) is 0 Å². The number of hydrogen-bond acceptors (Lipinski definition) is 4. The number of hydrogen-bond donors (Lipinski definition) is 0. The van der Waals surface area contributed by atoms with Crippen molar-refractivity contribution in [2.45, 2.75) is 24.3 Å². The van der Waals surface area contributed by atoms with E-state index in [1.165, 1.54) is 25.1 Å². The molecule has 0 aliphatic rings. The summed E-state index contributed by atoms with van der Waals surface area (Å²) in [7, 11) is -3.45. The second-order valence-electron chi connectivity index (χ2n) is 3.85. The van der Waals surface area contributed by atoms with Gasteiger partial charge in [0.25, 0.3) is 0 Å². The molecule has 4 nitrogen and oxygen atoms in total. The van der Waals surface area contributed by atoms with Gasteiger partial charge in [-0.25, -0.2) is 8.42 Å². The van der Waals surface area contributed by atoms with Crippen LogP contribution in [0, 0.1) is 0 Å². The first-order valence-electron chi connectivity index (χ1n) is 5.51. The highest BCUT2D eigenvalue weighted by atomic mass is 32.2. The molecule has 0 heterocycles. The molecule has 0 spiro atoms. The van der Waals surface area contributed by atoms with Gasteiger partial charge in [-0.1, -0.05) is 24.3 Å². The Hall–Kier alpha value is -1.62. The van der Waals surface area contributed by atoms with Gasteiger partial charge in [-0.3, -0.25) is 4.79 Å². The monoisotopic (exact) mass is 268 g/mol. The maximum Gasteiger partial charge on any atom is 0.302 e. The first-order valence-corrected chi connectivity index (χ1v) is 7.17. The molecule has 98 valence electrons. The Bertz CT molecular complexity index is 505. The Kier molecular flexibility index (Phi) is 5.09. The third-order valence-electron chi connectivity index (χ3n) is 2.27. The molecule has 1 rings (SSSR count). The highest BCUT2D eigenvalue weighted by Crippen LogP contribution is 2.14. The number of esters is 1. The van der Waals surface area contributed by atoms with Crippen molar-refractivity contribution < 1.29 is 17.9 Å². The number of rotatable bonds is 6. The topological polar surface area (TPSA) is 60.4 Å². The fraction of sp³-hybridized carbons (Fsp3) is 0.308. The van der Waals surface area contributed by atoms with E-state index in [0.717, 1.165) is 0 Å². The highest BCUT2D eigenvalue weighted by molar-refractivity contribution is 7.91. The van der Waals surface area contributed by atoms with Crippen LogP contribution in [0.5, 0.6) is 0 Å². The third-order valence-corrected chi connectivity index (χ3v) is 4.07. The Morgan fingerprint density at radius 3 is 2.50 bits per heavy atom. The van der Waals surface area contributed by atoms with Gasteiger partial charge in [-0.2, -0.15) is 0 Å². The van der Waals surface area contributed by atoms with Crippen LogP contribution in [0.1, 0.15) is 13.3 Å². The van der Waals surface area contributed by atoms with Crippen molar-refractivity contribution in [3.05, 3.63) is 43.0 Å². The van der Waals surface area contributed by atoms with Crippen LogP contribution in [0.25, 0.3) is 0 Å². The van der Waals surface area contributed by atoms with E-state index in [4.69, 9.17) is 4.74 Å². The molecule has 0 aliphatic heterocycles. The van der Waals surface area contributed by atoms with Gasteiger partial charge in [0.05, 0.1) is 10.6 Å². The predicted octanol–water partition coefficient (Wildman–Crippen LogP) is 1.97. The molecular formula is C13H16O4S. The smallest absolute Gasteiger partial charge is 0.302 e. The van der Waals surface area contributed by atoms with Crippen LogP contribution in [0.2, 0.25) is 0 Å². The van der Waals surface area contributed by atoms with Gasteiger partial charge in [0.1, 0.15) is 6.10 Å². The first kappa shape index (κ1) is 14.4. The van der Waals surface area contributed by atoms with Crippen molar-refractivity contribution in [2.75, 3.05) is 5.75 Å². The minimum atomic E-state index is -3.45. The van der Waals surface area contributed by atoms with Crippen LogP contribution >= 0.6 is 0 Å². The SMILES string of the molecule is C=CCC(CS(=O)(=O)c1ccccc1)OC(C)=O. The van der Waals surface area contributed by atoms with Crippen LogP contribution in [0.3, 0.4) is 0 Å². The van der Waals surface area contributed by atoms with Crippen LogP contribution in [-0.2, 0) is 19.4 Å². The van der Waals surface area contributed by atoms with E-state index in [9.17, 15) is 13.2 Å². The summed E-state index contributed by atoms with van der Waals surface area (Å²) in [6, 6.07) is 8.09. The lowest BCUT2D eigenvalue weighted by molar-refractivity contribution is -0.145. The quantitative estimate of drug-likeness (QED) is 0.584. The van der Waals surface area contributed by atoms with E-state index in [0.29, 0.717) is 6.42 Å². The van der Waals surface area contributed by atoms with Crippen LogP contribution in [-0.4, -0.2) is 26.2 Å². The van der Waals surface area contributed by atoms with Crippen LogP contribution in [0.15, 0.2) is 47.9 Å². The second-order valence-corrected chi connectivity index (χ2v) is 5.88. The number of benzene rings is 1.